The Labute approximate surface area is 183 Å². The fourth-order valence-corrected chi connectivity index (χ4v) is 3.13. The van der Waals surface area contributed by atoms with Gasteiger partial charge in [0.15, 0.2) is 6.61 Å². The number of nitrogens with zero attached hydrogens (tertiary/aromatic N) is 4. The number of carbonyl (C=O) groups is 2. The van der Waals surface area contributed by atoms with Gasteiger partial charge in [-0.25, -0.2) is 13.8 Å². The minimum Gasteiger partial charge on any atom is -0.470 e. The lowest BCUT2D eigenvalue weighted by atomic mass is 10.1. The highest BCUT2D eigenvalue weighted by atomic mass is 19.3. The van der Waals surface area contributed by atoms with Crippen molar-refractivity contribution in [2.24, 2.45) is 0 Å². The first-order valence-corrected chi connectivity index (χ1v) is 9.95. The Bertz CT molecular complexity index is 1050. The van der Waals surface area contributed by atoms with Crippen molar-refractivity contribution in [1.29, 1.82) is 0 Å². The van der Waals surface area contributed by atoms with Crippen molar-refractivity contribution in [3.63, 3.8) is 0 Å². The third-order valence-corrected chi connectivity index (χ3v) is 4.98. The van der Waals surface area contributed by atoms with Gasteiger partial charge in [-0.2, -0.15) is 0 Å². The summed E-state index contributed by atoms with van der Waals surface area (Å²) in [5.41, 5.74) is 0.257. The molecule has 172 valence electrons. The van der Waals surface area contributed by atoms with Crippen LogP contribution in [0.4, 0.5) is 14.6 Å². The average Bonchev–Trinajstić information content (AvgIpc) is 3.03. The molecule has 11 heteroatoms. The monoisotopic (exact) mass is 449 g/mol. The summed E-state index contributed by atoms with van der Waals surface area (Å²) in [6, 6.07) is 2.69. The molecule has 2 amide bonds. The SMILES string of the molecule is Cc1cc(C(C)N2Cc3c(ccnc3NC(=O)C(C)(C)O)C2=O)nnc1OCC(C)(F)F. The molecular weight excluding hydrogens is 424 g/mol. The lowest BCUT2D eigenvalue weighted by Crippen LogP contribution is -2.37. The van der Waals surface area contributed by atoms with Gasteiger partial charge in [0.25, 0.3) is 17.7 Å². The molecule has 0 aliphatic carbocycles. The Morgan fingerprint density at radius 3 is 2.62 bits per heavy atom. The van der Waals surface area contributed by atoms with E-state index in [0.717, 1.165) is 6.92 Å². The summed E-state index contributed by atoms with van der Waals surface area (Å²) in [6.45, 7) is 6.20. The van der Waals surface area contributed by atoms with E-state index in [2.05, 4.69) is 20.5 Å². The molecule has 2 N–H and O–H groups in total. The number of carbonyl (C=O) groups excluding carboxylic acids is 2. The zero-order valence-electron chi connectivity index (χ0n) is 18.4. The van der Waals surface area contributed by atoms with Gasteiger partial charge >= 0.3 is 0 Å². The van der Waals surface area contributed by atoms with Crippen molar-refractivity contribution >= 4 is 17.6 Å². The minimum atomic E-state index is -3.00. The molecule has 0 bridgehead atoms. The molecule has 0 radical (unpaired) electrons. The van der Waals surface area contributed by atoms with E-state index >= 15 is 0 Å². The van der Waals surface area contributed by atoms with Crippen LogP contribution in [0.3, 0.4) is 0 Å². The number of aryl methyl sites for hydroxylation is 1. The predicted molar refractivity (Wildman–Crippen MR) is 110 cm³/mol. The lowest BCUT2D eigenvalue weighted by Gasteiger charge is -2.24. The van der Waals surface area contributed by atoms with Crippen LogP contribution in [0.15, 0.2) is 18.3 Å². The number of fused-ring (bicyclic) bond motifs is 1. The van der Waals surface area contributed by atoms with Gasteiger partial charge in [-0.3, -0.25) is 9.59 Å². The third kappa shape index (κ3) is 4.98. The molecule has 3 rings (SSSR count). The van der Waals surface area contributed by atoms with Crippen LogP contribution < -0.4 is 10.1 Å². The number of hydrogen-bond acceptors (Lipinski definition) is 7. The number of alkyl halides is 2. The highest BCUT2D eigenvalue weighted by Gasteiger charge is 2.35. The number of aliphatic hydroxyl groups is 1. The highest BCUT2D eigenvalue weighted by molar-refractivity contribution is 6.02. The molecule has 1 unspecified atom stereocenters. The maximum absolute atomic E-state index is 13.0. The Morgan fingerprint density at radius 1 is 1.34 bits per heavy atom. The largest absolute Gasteiger partial charge is 0.470 e. The van der Waals surface area contributed by atoms with Gasteiger partial charge in [-0.05, 0) is 39.8 Å². The standard InChI is InChI=1S/C21H25F2N5O4/c1-11-8-15(26-27-17(11)32-10-21(5,22)23)12(2)28-9-14-13(18(28)29)6-7-24-16(14)25-19(30)20(3,4)31/h6-8,12,31H,9-10H2,1-5H3,(H,24,25,30). The van der Waals surface area contributed by atoms with Gasteiger partial charge in [0.1, 0.15) is 11.4 Å². The Hall–Kier alpha value is -3.21. The molecule has 1 aliphatic heterocycles. The lowest BCUT2D eigenvalue weighted by molar-refractivity contribution is -0.130. The molecule has 2 aromatic heterocycles. The first kappa shape index (κ1) is 23.5. The van der Waals surface area contributed by atoms with Gasteiger partial charge in [0, 0.05) is 29.8 Å². The Kier molecular flexibility index (Phi) is 6.14. The summed E-state index contributed by atoms with van der Waals surface area (Å²) in [7, 11) is 0. The fourth-order valence-electron chi connectivity index (χ4n) is 3.13. The molecular formula is C21H25F2N5O4. The highest BCUT2D eigenvalue weighted by Crippen LogP contribution is 2.34. The van der Waals surface area contributed by atoms with Crippen molar-refractivity contribution in [3.8, 4) is 5.88 Å². The van der Waals surface area contributed by atoms with Crippen molar-refractivity contribution in [2.75, 3.05) is 11.9 Å². The van der Waals surface area contributed by atoms with E-state index in [1.54, 1.807) is 26.0 Å². The molecule has 1 atom stereocenters. The van der Waals surface area contributed by atoms with Crippen LogP contribution in [-0.2, 0) is 11.3 Å². The molecule has 3 heterocycles. The van der Waals surface area contributed by atoms with Gasteiger partial charge < -0.3 is 20.1 Å². The van der Waals surface area contributed by atoms with Crippen molar-refractivity contribution in [3.05, 3.63) is 40.7 Å². The summed E-state index contributed by atoms with van der Waals surface area (Å²) in [6.07, 6.45) is 1.41. The molecule has 0 aromatic carbocycles. The summed E-state index contributed by atoms with van der Waals surface area (Å²) in [4.78, 5) is 30.8. The number of halogens is 2. The topological polar surface area (TPSA) is 118 Å². The van der Waals surface area contributed by atoms with Crippen molar-refractivity contribution < 1.29 is 28.2 Å². The summed E-state index contributed by atoms with van der Waals surface area (Å²) in [5.74, 6) is -3.73. The number of pyridine rings is 1. The normalized spacial score (nSPS) is 14.9. The van der Waals surface area contributed by atoms with E-state index in [4.69, 9.17) is 4.74 Å². The molecule has 0 fully saturated rings. The summed E-state index contributed by atoms with van der Waals surface area (Å²) >= 11 is 0. The fraction of sp³-hybridized carbons (Fsp3) is 0.476. The van der Waals surface area contributed by atoms with E-state index in [-0.39, 0.29) is 24.1 Å². The number of nitrogens with one attached hydrogen (secondary N) is 1. The molecule has 2 aromatic rings. The molecule has 9 nitrogen and oxygen atoms in total. The quantitative estimate of drug-likeness (QED) is 0.667. The molecule has 32 heavy (non-hydrogen) atoms. The van der Waals surface area contributed by atoms with Crippen molar-refractivity contribution in [2.45, 2.75) is 58.7 Å². The molecule has 0 saturated heterocycles. The predicted octanol–water partition coefficient (Wildman–Crippen LogP) is 2.64. The molecule has 1 aliphatic rings. The second-order valence-corrected chi connectivity index (χ2v) is 8.42. The first-order valence-electron chi connectivity index (χ1n) is 9.95. The van der Waals surface area contributed by atoms with Crippen LogP contribution in [0.2, 0.25) is 0 Å². The second-order valence-electron chi connectivity index (χ2n) is 8.42. The van der Waals surface area contributed by atoms with E-state index < -0.39 is 30.1 Å². The summed E-state index contributed by atoms with van der Waals surface area (Å²) < 4.78 is 31.1. The van der Waals surface area contributed by atoms with Gasteiger partial charge in [0.05, 0.1) is 18.3 Å². The van der Waals surface area contributed by atoms with Crippen LogP contribution in [-0.4, -0.2) is 55.1 Å². The second kappa shape index (κ2) is 8.38. The van der Waals surface area contributed by atoms with Gasteiger partial charge in [-0.15, -0.1) is 10.2 Å². The maximum Gasteiger partial charge on any atom is 0.278 e. The average molecular weight is 449 g/mol. The zero-order valence-corrected chi connectivity index (χ0v) is 18.4. The molecule has 0 spiro atoms. The van der Waals surface area contributed by atoms with E-state index in [0.29, 0.717) is 22.4 Å². The van der Waals surface area contributed by atoms with Crippen LogP contribution >= 0.6 is 0 Å². The zero-order chi connectivity index (χ0) is 23.8. The number of amides is 2. The summed E-state index contributed by atoms with van der Waals surface area (Å²) in [5, 5.41) is 20.4. The Balaban J connectivity index is 1.80. The van der Waals surface area contributed by atoms with Gasteiger partial charge in [0.2, 0.25) is 5.88 Å². The van der Waals surface area contributed by atoms with Crippen LogP contribution in [0.25, 0.3) is 0 Å². The van der Waals surface area contributed by atoms with E-state index in [1.807, 2.05) is 0 Å². The molecule has 0 saturated carbocycles. The number of hydrogen-bond donors (Lipinski definition) is 2. The van der Waals surface area contributed by atoms with E-state index in [1.165, 1.54) is 24.9 Å². The van der Waals surface area contributed by atoms with E-state index in [9.17, 15) is 23.5 Å². The van der Waals surface area contributed by atoms with Crippen LogP contribution in [0.1, 0.15) is 60.9 Å². The number of ether oxygens (including phenoxy) is 1. The number of rotatable bonds is 7. The minimum absolute atomic E-state index is 0.000624. The number of anilines is 1. The Morgan fingerprint density at radius 2 is 2.03 bits per heavy atom. The van der Waals surface area contributed by atoms with Crippen LogP contribution in [0.5, 0.6) is 5.88 Å². The van der Waals surface area contributed by atoms with Crippen LogP contribution in [0, 0.1) is 6.92 Å². The number of aromatic nitrogens is 3. The smallest absolute Gasteiger partial charge is 0.278 e. The third-order valence-electron chi connectivity index (χ3n) is 4.98. The van der Waals surface area contributed by atoms with Crippen molar-refractivity contribution in [1.82, 2.24) is 20.1 Å². The maximum atomic E-state index is 13.0. The first-order chi connectivity index (χ1) is 14.8. The van der Waals surface area contributed by atoms with Gasteiger partial charge in [-0.1, -0.05) is 0 Å².